The number of hydrazine groups is 1. The molecule has 0 aromatic carbocycles. The van der Waals surface area contributed by atoms with Gasteiger partial charge in [0.05, 0.1) is 6.26 Å². The summed E-state index contributed by atoms with van der Waals surface area (Å²) in [4.78, 5) is 23.3. The van der Waals surface area contributed by atoms with Gasteiger partial charge in [-0.2, -0.15) is 0 Å². The van der Waals surface area contributed by atoms with E-state index in [1.807, 2.05) is 0 Å². The molecule has 0 spiro atoms. The second-order valence-corrected chi connectivity index (χ2v) is 5.62. The van der Waals surface area contributed by atoms with Crippen LogP contribution in [0.1, 0.15) is 42.7 Å². The lowest BCUT2D eigenvalue weighted by Gasteiger charge is -2.20. The number of carbonyl (C=O) groups is 2. The van der Waals surface area contributed by atoms with E-state index in [0.29, 0.717) is 12.3 Å². The van der Waals surface area contributed by atoms with Crippen molar-refractivity contribution in [3.8, 4) is 0 Å². The summed E-state index contributed by atoms with van der Waals surface area (Å²) in [5, 5.41) is 0. The highest BCUT2D eigenvalue weighted by Crippen LogP contribution is 2.49. The Kier molecular flexibility index (Phi) is 3.27. The number of amides is 2. The predicted octanol–water partition coefficient (Wildman–Crippen LogP) is 1.87. The van der Waals surface area contributed by atoms with Gasteiger partial charge in [-0.25, -0.2) is 0 Å². The molecule has 0 aliphatic heterocycles. The minimum Gasteiger partial charge on any atom is -0.459 e. The quantitative estimate of drug-likeness (QED) is 0.817. The van der Waals surface area contributed by atoms with E-state index in [1.54, 1.807) is 12.1 Å². The highest BCUT2D eigenvalue weighted by atomic mass is 16.3. The smallest absolute Gasteiger partial charge is 0.305 e. The minimum atomic E-state index is -0.425. The van der Waals surface area contributed by atoms with Crippen molar-refractivity contribution in [2.45, 2.75) is 32.1 Å². The molecule has 1 aromatic heterocycles. The number of nitrogens with one attached hydrogen (secondary N) is 2. The van der Waals surface area contributed by atoms with Crippen molar-refractivity contribution in [2.75, 3.05) is 0 Å². The molecule has 0 unspecified atom stereocenters. The summed E-state index contributed by atoms with van der Waals surface area (Å²) in [7, 11) is 0. The van der Waals surface area contributed by atoms with Gasteiger partial charge in [0.1, 0.15) is 0 Å². The Balaban J connectivity index is 1.43. The molecule has 2 fully saturated rings. The molecule has 2 amide bonds. The first kappa shape index (κ1) is 12.3. The Morgan fingerprint density at radius 2 is 2.16 bits per heavy atom. The van der Waals surface area contributed by atoms with E-state index < -0.39 is 5.91 Å². The molecule has 2 aliphatic rings. The van der Waals surface area contributed by atoms with E-state index in [9.17, 15) is 9.59 Å². The standard InChI is InChI=1S/C14H18N2O3/c17-13(8-11-7-9-3-4-10(11)6-9)15-16-14(18)12-2-1-5-19-12/h1-2,5,9-11H,3-4,6-8H2,(H,15,17)(H,16,18)/t9-,10+,11-/m0/s1. The molecule has 1 heterocycles. The van der Waals surface area contributed by atoms with Gasteiger partial charge < -0.3 is 4.42 Å². The number of carbonyl (C=O) groups excluding carboxylic acids is 2. The first-order valence-corrected chi connectivity index (χ1v) is 6.85. The van der Waals surface area contributed by atoms with Crippen LogP contribution < -0.4 is 10.9 Å². The third-order valence-corrected chi connectivity index (χ3v) is 4.39. The number of fused-ring (bicyclic) bond motifs is 2. The lowest BCUT2D eigenvalue weighted by atomic mass is 9.86. The van der Waals surface area contributed by atoms with Crippen LogP contribution in [0.15, 0.2) is 22.8 Å². The van der Waals surface area contributed by atoms with Gasteiger partial charge in [0, 0.05) is 6.42 Å². The molecule has 2 bridgehead atoms. The van der Waals surface area contributed by atoms with Gasteiger partial charge in [0.25, 0.3) is 0 Å². The van der Waals surface area contributed by atoms with Crippen molar-refractivity contribution < 1.29 is 14.0 Å². The summed E-state index contributed by atoms with van der Waals surface area (Å²) in [5.74, 6) is 1.71. The summed E-state index contributed by atoms with van der Waals surface area (Å²) in [6, 6.07) is 3.18. The summed E-state index contributed by atoms with van der Waals surface area (Å²) < 4.78 is 4.94. The second-order valence-electron chi connectivity index (χ2n) is 5.62. The third kappa shape index (κ3) is 2.64. The Morgan fingerprint density at radius 1 is 1.26 bits per heavy atom. The zero-order valence-electron chi connectivity index (χ0n) is 10.7. The zero-order chi connectivity index (χ0) is 13.2. The third-order valence-electron chi connectivity index (χ3n) is 4.39. The fraction of sp³-hybridized carbons (Fsp3) is 0.571. The topological polar surface area (TPSA) is 71.3 Å². The predicted molar refractivity (Wildman–Crippen MR) is 67.9 cm³/mol. The van der Waals surface area contributed by atoms with Crippen LogP contribution in [0, 0.1) is 17.8 Å². The lowest BCUT2D eigenvalue weighted by Crippen LogP contribution is -2.42. The Labute approximate surface area is 111 Å². The van der Waals surface area contributed by atoms with Crippen molar-refractivity contribution >= 4 is 11.8 Å². The van der Waals surface area contributed by atoms with Crippen molar-refractivity contribution in [2.24, 2.45) is 17.8 Å². The van der Waals surface area contributed by atoms with Crippen LogP contribution in [0.4, 0.5) is 0 Å². The SMILES string of the molecule is O=C(C[C@@H]1C[C@H]2CC[C@@H]1C2)NNC(=O)c1ccco1. The van der Waals surface area contributed by atoms with Crippen LogP contribution in [0.25, 0.3) is 0 Å². The molecule has 0 radical (unpaired) electrons. The summed E-state index contributed by atoms with van der Waals surface area (Å²) in [6.45, 7) is 0. The van der Waals surface area contributed by atoms with Gasteiger partial charge in [-0.05, 0) is 49.1 Å². The number of furan rings is 1. The fourth-order valence-electron chi connectivity index (χ4n) is 3.51. The molecule has 2 saturated carbocycles. The largest absolute Gasteiger partial charge is 0.459 e. The molecule has 5 heteroatoms. The maximum Gasteiger partial charge on any atom is 0.305 e. The van der Waals surface area contributed by atoms with Crippen LogP contribution in [-0.2, 0) is 4.79 Å². The monoisotopic (exact) mass is 262 g/mol. The number of hydrogen-bond donors (Lipinski definition) is 2. The Bertz CT molecular complexity index is 469. The molecule has 3 rings (SSSR count). The van der Waals surface area contributed by atoms with Gasteiger partial charge in [0.15, 0.2) is 5.76 Å². The highest BCUT2D eigenvalue weighted by Gasteiger charge is 2.40. The van der Waals surface area contributed by atoms with Gasteiger partial charge in [-0.3, -0.25) is 20.4 Å². The Hall–Kier alpha value is -1.78. The molecule has 5 nitrogen and oxygen atoms in total. The molecule has 102 valence electrons. The van der Waals surface area contributed by atoms with E-state index in [4.69, 9.17) is 4.42 Å². The Morgan fingerprint density at radius 3 is 2.79 bits per heavy atom. The van der Waals surface area contributed by atoms with E-state index in [-0.39, 0.29) is 11.7 Å². The molecular formula is C14H18N2O3. The van der Waals surface area contributed by atoms with E-state index in [1.165, 1.54) is 31.9 Å². The van der Waals surface area contributed by atoms with Gasteiger partial charge in [-0.1, -0.05) is 6.42 Å². The van der Waals surface area contributed by atoms with Gasteiger partial charge in [-0.15, -0.1) is 0 Å². The first-order chi connectivity index (χ1) is 9.22. The lowest BCUT2D eigenvalue weighted by molar-refractivity contribution is -0.123. The normalized spacial score (nSPS) is 28.3. The zero-order valence-corrected chi connectivity index (χ0v) is 10.7. The number of hydrogen-bond acceptors (Lipinski definition) is 3. The van der Waals surface area contributed by atoms with E-state index in [2.05, 4.69) is 10.9 Å². The molecule has 2 aliphatic carbocycles. The van der Waals surface area contributed by atoms with Crippen molar-refractivity contribution in [1.82, 2.24) is 10.9 Å². The van der Waals surface area contributed by atoms with Crippen LogP contribution >= 0.6 is 0 Å². The van der Waals surface area contributed by atoms with Gasteiger partial charge in [0.2, 0.25) is 5.91 Å². The summed E-state index contributed by atoms with van der Waals surface area (Å²) in [5.41, 5.74) is 4.83. The summed E-state index contributed by atoms with van der Waals surface area (Å²) in [6.07, 6.45) is 6.99. The van der Waals surface area contributed by atoms with Crippen molar-refractivity contribution in [3.63, 3.8) is 0 Å². The van der Waals surface area contributed by atoms with Crippen LogP contribution in [0.3, 0.4) is 0 Å². The van der Waals surface area contributed by atoms with Crippen molar-refractivity contribution in [1.29, 1.82) is 0 Å². The average Bonchev–Trinajstić information content (AvgIpc) is 3.12. The highest BCUT2D eigenvalue weighted by molar-refractivity contribution is 5.92. The van der Waals surface area contributed by atoms with Crippen LogP contribution in [0.2, 0.25) is 0 Å². The average molecular weight is 262 g/mol. The van der Waals surface area contributed by atoms with Crippen LogP contribution in [-0.4, -0.2) is 11.8 Å². The van der Waals surface area contributed by atoms with E-state index in [0.717, 1.165) is 11.8 Å². The van der Waals surface area contributed by atoms with Crippen molar-refractivity contribution in [3.05, 3.63) is 24.2 Å². The van der Waals surface area contributed by atoms with Gasteiger partial charge >= 0.3 is 5.91 Å². The maximum absolute atomic E-state index is 11.8. The fourth-order valence-corrected chi connectivity index (χ4v) is 3.51. The van der Waals surface area contributed by atoms with E-state index >= 15 is 0 Å². The molecule has 2 N–H and O–H groups in total. The molecular weight excluding hydrogens is 244 g/mol. The molecule has 1 aromatic rings. The molecule has 3 atom stereocenters. The summed E-state index contributed by atoms with van der Waals surface area (Å²) >= 11 is 0. The molecule has 0 saturated heterocycles. The maximum atomic E-state index is 11.8. The van der Waals surface area contributed by atoms with Crippen LogP contribution in [0.5, 0.6) is 0 Å². The second kappa shape index (κ2) is 5.07. The minimum absolute atomic E-state index is 0.113. The number of rotatable bonds is 3. The first-order valence-electron chi connectivity index (χ1n) is 6.85. The molecule has 19 heavy (non-hydrogen) atoms.